The predicted molar refractivity (Wildman–Crippen MR) is 101 cm³/mol. The summed E-state index contributed by atoms with van der Waals surface area (Å²) in [5.74, 6) is 0.125. The maximum absolute atomic E-state index is 7.32. The van der Waals surface area contributed by atoms with Gasteiger partial charge in [-0.1, -0.05) is 0 Å². The first kappa shape index (κ1) is 38.1. The molecule has 0 aromatic carbocycles. The van der Waals surface area contributed by atoms with Crippen LogP contribution in [-0.2, 0) is 0 Å². The highest BCUT2D eigenvalue weighted by Crippen LogP contribution is 1.97. The number of nitrogens with two attached hydrogens (primary N) is 3. The number of rotatable bonds is 0. The van der Waals surface area contributed by atoms with Crippen LogP contribution in [0.4, 0.5) is 17.8 Å². The number of hydrogen-bond acceptors (Lipinski definition) is 12. The van der Waals surface area contributed by atoms with Crippen molar-refractivity contribution in [1.29, 1.82) is 31.6 Å². The van der Waals surface area contributed by atoms with E-state index >= 15 is 0 Å². The zero-order valence-electron chi connectivity index (χ0n) is 16.3. The molecule has 1 rings (SSSR count). The predicted octanol–water partition coefficient (Wildman–Crippen LogP) is 1.80. The molecule has 0 saturated heterocycles. The highest BCUT2D eigenvalue weighted by atomic mass is 15.2. The van der Waals surface area contributed by atoms with Crippen molar-refractivity contribution in [1.82, 2.24) is 15.0 Å². The SMILES string of the molecule is CC#N.CC#N.CC#N.CC#N.CC#N.CC#N.Nc1nc(N)nc(N)n1. The molecule has 27 heavy (non-hydrogen) atoms. The standard InChI is InChI=1S/C3H6N6.6C2H3N/c4-1-7-2(5)9-3(6)8-1;6*1-2-3/h(H6,4,5,6,7,8,9);6*1H3. The zero-order chi connectivity index (χ0) is 23.1. The van der Waals surface area contributed by atoms with Gasteiger partial charge in [-0.15, -0.1) is 0 Å². The fourth-order valence-electron chi connectivity index (χ4n) is 0.427. The van der Waals surface area contributed by atoms with E-state index in [4.69, 9.17) is 48.8 Å². The van der Waals surface area contributed by atoms with Gasteiger partial charge in [-0.05, 0) is 0 Å². The molecule has 12 heteroatoms. The van der Waals surface area contributed by atoms with Crippen LogP contribution in [-0.4, -0.2) is 15.0 Å². The molecule has 144 valence electrons. The maximum Gasteiger partial charge on any atom is 0.226 e. The van der Waals surface area contributed by atoms with E-state index in [9.17, 15) is 0 Å². The summed E-state index contributed by atoms with van der Waals surface area (Å²) in [7, 11) is 0. The third-order valence-corrected chi connectivity index (χ3v) is 0.687. The second-order valence-electron chi connectivity index (χ2n) is 2.75. The minimum absolute atomic E-state index is 0.0417. The fraction of sp³-hybridized carbons (Fsp3) is 0.400. The van der Waals surface area contributed by atoms with Gasteiger partial charge in [0.2, 0.25) is 17.8 Å². The Kier molecular flexibility index (Phi) is 70.0. The Bertz CT molecular complexity index is 528. The number of nitriles is 6. The monoisotopic (exact) mass is 372 g/mol. The number of anilines is 3. The molecule has 0 amide bonds. The third kappa shape index (κ3) is 148. The van der Waals surface area contributed by atoms with E-state index in [1.807, 2.05) is 0 Å². The lowest BCUT2D eigenvalue weighted by Gasteiger charge is -1.93. The van der Waals surface area contributed by atoms with Crippen molar-refractivity contribution >= 4 is 17.8 Å². The minimum Gasteiger partial charge on any atom is -0.368 e. The zero-order valence-corrected chi connectivity index (χ0v) is 16.3. The van der Waals surface area contributed by atoms with Crippen molar-refractivity contribution < 1.29 is 0 Å². The van der Waals surface area contributed by atoms with E-state index in [0.29, 0.717) is 0 Å². The Morgan fingerprint density at radius 2 is 0.519 bits per heavy atom. The maximum atomic E-state index is 7.32. The van der Waals surface area contributed by atoms with Crippen LogP contribution in [0.25, 0.3) is 0 Å². The first-order chi connectivity index (χ1) is 12.7. The molecule has 1 aromatic rings. The average Bonchev–Trinajstić information content (AvgIpc) is 2.50. The van der Waals surface area contributed by atoms with Crippen LogP contribution in [0.2, 0.25) is 0 Å². The summed E-state index contributed by atoms with van der Waals surface area (Å²) < 4.78 is 0. The van der Waals surface area contributed by atoms with Crippen molar-refractivity contribution in [2.45, 2.75) is 41.5 Å². The van der Waals surface area contributed by atoms with Gasteiger partial charge in [0.25, 0.3) is 0 Å². The van der Waals surface area contributed by atoms with E-state index in [1.165, 1.54) is 41.5 Å². The van der Waals surface area contributed by atoms with Gasteiger partial charge in [-0.3, -0.25) is 0 Å². The topological polar surface area (TPSA) is 259 Å². The lowest BCUT2D eigenvalue weighted by Crippen LogP contribution is -2.05. The average molecular weight is 372 g/mol. The molecule has 0 spiro atoms. The minimum atomic E-state index is 0.0417. The third-order valence-electron chi connectivity index (χ3n) is 0.687. The molecule has 0 unspecified atom stereocenters. The molecule has 0 aliphatic heterocycles. The van der Waals surface area contributed by atoms with Crippen LogP contribution in [0.3, 0.4) is 0 Å². The Labute approximate surface area is 160 Å². The summed E-state index contributed by atoms with van der Waals surface area (Å²) >= 11 is 0. The van der Waals surface area contributed by atoms with Crippen molar-refractivity contribution in [2.75, 3.05) is 17.2 Å². The summed E-state index contributed by atoms with van der Waals surface area (Å²) in [6, 6.07) is 10.5. The van der Waals surface area contributed by atoms with E-state index in [-0.39, 0.29) is 17.8 Å². The lowest BCUT2D eigenvalue weighted by molar-refractivity contribution is 1.09. The number of nitrogen functional groups attached to an aromatic ring is 3. The first-order valence-electron chi connectivity index (χ1n) is 6.55. The van der Waals surface area contributed by atoms with Crippen LogP contribution in [0.5, 0.6) is 0 Å². The Morgan fingerprint density at radius 3 is 0.593 bits per heavy atom. The van der Waals surface area contributed by atoms with Crippen molar-refractivity contribution in [3.8, 4) is 36.4 Å². The van der Waals surface area contributed by atoms with E-state index in [2.05, 4.69) is 15.0 Å². The Morgan fingerprint density at radius 1 is 0.444 bits per heavy atom. The summed E-state index contributed by atoms with van der Waals surface area (Å²) in [6.07, 6.45) is 0. The molecular weight excluding hydrogens is 348 g/mol. The van der Waals surface area contributed by atoms with Gasteiger partial charge < -0.3 is 17.2 Å². The molecular formula is C15H24N12. The molecule has 0 saturated carbocycles. The van der Waals surface area contributed by atoms with Gasteiger partial charge in [-0.25, -0.2) is 0 Å². The lowest BCUT2D eigenvalue weighted by atomic mass is 10.9. The Hall–Kier alpha value is -4.65. The van der Waals surface area contributed by atoms with Crippen LogP contribution in [0, 0.1) is 68.0 Å². The van der Waals surface area contributed by atoms with Gasteiger partial charge >= 0.3 is 0 Å². The Balaban J connectivity index is -0.0000000525. The van der Waals surface area contributed by atoms with Crippen molar-refractivity contribution in [2.24, 2.45) is 0 Å². The molecule has 0 fully saturated rings. The highest BCUT2D eigenvalue weighted by molar-refractivity contribution is 5.33. The summed E-state index contributed by atoms with van der Waals surface area (Å²) in [6.45, 7) is 8.58. The van der Waals surface area contributed by atoms with Gasteiger partial charge in [0.1, 0.15) is 0 Å². The molecule has 1 heterocycles. The molecule has 0 radical (unpaired) electrons. The van der Waals surface area contributed by atoms with Gasteiger partial charge in [-0.2, -0.15) is 46.5 Å². The summed E-state index contributed by atoms with van der Waals surface area (Å²) in [5.41, 5.74) is 15.4. The first-order valence-corrected chi connectivity index (χ1v) is 6.55. The number of aromatic nitrogens is 3. The summed E-state index contributed by atoms with van der Waals surface area (Å²) in [5, 5.41) is 43.9. The quantitative estimate of drug-likeness (QED) is 0.588. The van der Waals surface area contributed by atoms with E-state index < -0.39 is 0 Å². The molecule has 0 atom stereocenters. The van der Waals surface area contributed by atoms with Gasteiger partial charge in [0.05, 0.1) is 36.4 Å². The van der Waals surface area contributed by atoms with Crippen LogP contribution in [0.15, 0.2) is 0 Å². The van der Waals surface area contributed by atoms with E-state index in [0.717, 1.165) is 0 Å². The van der Waals surface area contributed by atoms with E-state index in [1.54, 1.807) is 36.4 Å². The molecule has 6 N–H and O–H groups in total. The largest absolute Gasteiger partial charge is 0.368 e. The van der Waals surface area contributed by atoms with Gasteiger partial charge in [0.15, 0.2) is 0 Å². The number of hydrogen-bond donors (Lipinski definition) is 3. The molecule has 0 aliphatic carbocycles. The second-order valence-corrected chi connectivity index (χ2v) is 2.75. The van der Waals surface area contributed by atoms with Crippen LogP contribution < -0.4 is 17.2 Å². The van der Waals surface area contributed by atoms with Gasteiger partial charge in [0, 0.05) is 41.5 Å². The molecule has 0 bridgehead atoms. The molecule has 0 aliphatic rings. The molecule has 12 nitrogen and oxygen atoms in total. The second kappa shape index (κ2) is 49.6. The van der Waals surface area contributed by atoms with Crippen LogP contribution >= 0.6 is 0 Å². The van der Waals surface area contributed by atoms with Crippen LogP contribution in [0.1, 0.15) is 41.5 Å². The fourth-order valence-corrected chi connectivity index (χ4v) is 0.427. The van der Waals surface area contributed by atoms with Crippen molar-refractivity contribution in [3.05, 3.63) is 0 Å². The van der Waals surface area contributed by atoms with Crippen molar-refractivity contribution in [3.63, 3.8) is 0 Å². The highest BCUT2D eigenvalue weighted by Gasteiger charge is 1.93. The smallest absolute Gasteiger partial charge is 0.226 e. The number of nitrogens with zero attached hydrogens (tertiary/aromatic N) is 9. The summed E-state index contributed by atoms with van der Waals surface area (Å²) in [4.78, 5) is 10.5. The normalized spacial score (nSPS) is 4.89. The molecule has 1 aromatic heterocycles.